The molecule has 3 heterocycles. The van der Waals surface area contributed by atoms with Gasteiger partial charge in [-0.15, -0.1) is 0 Å². The average Bonchev–Trinajstić information content (AvgIpc) is 3.64. The van der Waals surface area contributed by atoms with Crippen LogP contribution in [0.3, 0.4) is 0 Å². The van der Waals surface area contributed by atoms with Crippen LogP contribution in [0.25, 0.3) is 0 Å². The number of anilines is 1. The lowest BCUT2D eigenvalue weighted by atomic mass is 9.93. The number of carbonyl (C=O) groups excluding carboxylic acids is 1. The van der Waals surface area contributed by atoms with E-state index in [2.05, 4.69) is 60.2 Å². The lowest BCUT2D eigenvalue weighted by molar-refractivity contribution is -0.120. The summed E-state index contributed by atoms with van der Waals surface area (Å²) in [6.07, 6.45) is 8.96. The van der Waals surface area contributed by atoms with Crippen molar-refractivity contribution in [1.29, 1.82) is 0 Å². The Balaban J connectivity index is 1.34. The summed E-state index contributed by atoms with van der Waals surface area (Å²) in [4.78, 5) is 18.2. The van der Waals surface area contributed by atoms with Crippen molar-refractivity contribution in [3.8, 4) is 5.75 Å². The normalized spacial score (nSPS) is 19.3. The monoisotopic (exact) mass is 486 g/mol. The molecule has 0 radical (unpaired) electrons. The molecule has 0 bridgehead atoms. The number of carbonyl (C=O) groups is 1. The first-order valence-electron chi connectivity index (χ1n) is 13.4. The number of likely N-dealkylation sites (tertiary alicyclic amines) is 1. The minimum Gasteiger partial charge on any atom is -0.493 e. The van der Waals surface area contributed by atoms with Gasteiger partial charge in [0.1, 0.15) is 5.75 Å². The van der Waals surface area contributed by atoms with Crippen LogP contribution in [0.4, 0.5) is 5.69 Å². The topological polar surface area (TPSA) is 50.6 Å². The Bertz CT molecular complexity index is 1160. The van der Waals surface area contributed by atoms with E-state index in [0.717, 1.165) is 69.8 Å². The van der Waals surface area contributed by atoms with Crippen molar-refractivity contribution in [3.05, 3.63) is 77.6 Å². The van der Waals surface area contributed by atoms with Gasteiger partial charge in [-0.2, -0.15) is 5.10 Å². The number of hydrogen-bond acceptors (Lipinski definition) is 4. The number of ether oxygens (including phenoxy) is 1. The van der Waals surface area contributed by atoms with Gasteiger partial charge in [0.2, 0.25) is 5.91 Å². The Labute approximate surface area is 214 Å². The number of hydrogen-bond donors (Lipinski definition) is 0. The third kappa shape index (κ3) is 5.65. The third-order valence-electron chi connectivity index (χ3n) is 7.65. The number of rotatable bonds is 10. The molecule has 0 spiro atoms. The van der Waals surface area contributed by atoms with Crippen molar-refractivity contribution in [3.63, 3.8) is 0 Å². The lowest BCUT2D eigenvalue weighted by Crippen LogP contribution is -2.43. The second kappa shape index (κ2) is 11.3. The van der Waals surface area contributed by atoms with Gasteiger partial charge in [0.15, 0.2) is 0 Å². The van der Waals surface area contributed by atoms with Crippen LogP contribution in [0.15, 0.2) is 60.9 Å². The molecule has 6 heteroatoms. The number of nitrogens with zero attached hydrogens (tertiary/aromatic N) is 4. The van der Waals surface area contributed by atoms with E-state index >= 15 is 0 Å². The van der Waals surface area contributed by atoms with Crippen molar-refractivity contribution in [2.75, 3.05) is 31.1 Å². The van der Waals surface area contributed by atoms with Gasteiger partial charge in [0, 0.05) is 50.2 Å². The van der Waals surface area contributed by atoms with E-state index in [4.69, 9.17) is 4.74 Å². The zero-order chi connectivity index (χ0) is 24.9. The number of fused-ring (bicyclic) bond motifs is 1. The van der Waals surface area contributed by atoms with Crippen LogP contribution in [-0.4, -0.2) is 52.9 Å². The molecule has 2 atom stereocenters. The first-order chi connectivity index (χ1) is 17.6. The first kappa shape index (κ1) is 24.6. The molecule has 0 N–H and O–H groups in total. The second-order valence-corrected chi connectivity index (χ2v) is 10.3. The maximum Gasteiger partial charge on any atom is 0.241 e. The first-order valence-corrected chi connectivity index (χ1v) is 13.4. The molecule has 36 heavy (non-hydrogen) atoms. The summed E-state index contributed by atoms with van der Waals surface area (Å²) in [6.45, 7) is 8.03. The molecule has 3 aromatic rings. The maximum absolute atomic E-state index is 13.7. The zero-order valence-electron chi connectivity index (χ0n) is 21.6. The molecule has 0 aliphatic carbocycles. The highest BCUT2D eigenvalue weighted by Gasteiger charge is 2.35. The van der Waals surface area contributed by atoms with E-state index < -0.39 is 0 Å². The molecule has 190 valence electrons. The highest BCUT2D eigenvalue weighted by atomic mass is 16.5. The Kier molecular flexibility index (Phi) is 7.71. The van der Waals surface area contributed by atoms with Crippen LogP contribution in [0, 0.1) is 6.92 Å². The van der Waals surface area contributed by atoms with E-state index in [-0.39, 0.29) is 5.91 Å². The molecule has 2 aliphatic heterocycles. The van der Waals surface area contributed by atoms with E-state index in [0.29, 0.717) is 18.5 Å². The average molecular weight is 487 g/mol. The van der Waals surface area contributed by atoms with Crippen LogP contribution in [0.2, 0.25) is 0 Å². The van der Waals surface area contributed by atoms with Crippen LogP contribution in [0.5, 0.6) is 5.75 Å². The Morgan fingerprint density at radius 3 is 2.92 bits per heavy atom. The van der Waals surface area contributed by atoms with Crippen LogP contribution >= 0.6 is 0 Å². The minimum absolute atomic E-state index is 0.196. The minimum atomic E-state index is 0.196. The highest BCUT2D eigenvalue weighted by molar-refractivity contribution is 5.94. The predicted octanol–water partition coefficient (Wildman–Crippen LogP) is 5.21. The fraction of sp³-hybridized carbons (Fsp3) is 0.467. The van der Waals surface area contributed by atoms with E-state index in [9.17, 15) is 4.79 Å². The molecule has 2 aromatic carbocycles. The van der Waals surface area contributed by atoms with Gasteiger partial charge in [0.25, 0.3) is 0 Å². The molecular formula is C30H38N4O2. The van der Waals surface area contributed by atoms with Gasteiger partial charge < -0.3 is 9.64 Å². The highest BCUT2D eigenvalue weighted by Crippen LogP contribution is 2.36. The summed E-state index contributed by atoms with van der Waals surface area (Å²) < 4.78 is 7.73. The summed E-state index contributed by atoms with van der Waals surface area (Å²) in [5.41, 5.74) is 4.89. The lowest BCUT2D eigenvalue weighted by Gasteiger charge is -2.29. The van der Waals surface area contributed by atoms with Crippen molar-refractivity contribution < 1.29 is 9.53 Å². The van der Waals surface area contributed by atoms with Gasteiger partial charge in [-0.05, 0) is 73.1 Å². The fourth-order valence-electron chi connectivity index (χ4n) is 5.66. The van der Waals surface area contributed by atoms with Gasteiger partial charge >= 0.3 is 0 Å². The standard InChI is InChI=1S/C30H38N4O2/c1-3-4-15-34(28-8-5-7-23(2)18-28)30(35)22-32-21-26(20-27(32)11-16-33-14-6-13-31-33)24-9-10-29-25(19-24)12-17-36-29/h5-10,13-14,18-19,26-27H,3-4,11-12,15-17,20-22H2,1-2H3. The molecule has 1 amide bonds. The van der Waals surface area contributed by atoms with Gasteiger partial charge in [-0.3, -0.25) is 14.4 Å². The predicted molar refractivity (Wildman–Crippen MR) is 144 cm³/mol. The molecule has 6 nitrogen and oxygen atoms in total. The van der Waals surface area contributed by atoms with Crippen LogP contribution in [-0.2, 0) is 17.8 Å². The van der Waals surface area contributed by atoms with Crippen molar-refractivity contribution in [1.82, 2.24) is 14.7 Å². The molecule has 0 saturated carbocycles. The molecule has 1 aromatic heterocycles. The summed E-state index contributed by atoms with van der Waals surface area (Å²) in [5, 5.41) is 4.40. The molecule has 2 unspecified atom stereocenters. The largest absolute Gasteiger partial charge is 0.493 e. The van der Waals surface area contributed by atoms with Crippen LogP contribution < -0.4 is 9.64 Å². The molecule has 2 aliphatic rings. The zero-order valence-corrected chi connectivity index (χ0v) is 21.6. The van der Waals surface area contributed by atoms with Gasteiger partial charge in [0.05, 0.1) is 13.2 Å². The second-order valence-electron chi connectivity index (χ2n) is 10.3. The van der Waals surface area contributed by atoms with E-state index in [1.807, 2.05) is 34.1 Å². The third-order valence-corrected chi connectivity index (χ3v) is 7.65. The van der Waals surface area contributed by atoms with Gasteiger partial charge in [-0.25, -0.2) is 0 Å². The van der Waals surface area contributed by atoms with E-state index in [1.54, 1.807) is 0 Å². The van der Waals surface area contributed by atoms with Crippen LogP contribution in [0.1, 0.15) is 55.2 Å². The fourth-order valence-corrected chi connectivity index (χ4v) is 5.66. The summed E-state index contributed by atoms with van der Waals surface area (Å²) >= 11 is 0. The molecule has 1 fully saturated rings. The number of aryl methyl sites for hydroxylation is 2. The van der Waals surface area contributed by atoms with Crippen molar-refractivity contribution in [2.24, 2.45) is 0 Å². The molecule has 1 saturated heterocycles. The number of aromatic nitrogens is 2. The van der Waals surface area contributed by atoms with Gasteiger partial charge in [-0.1, -0.05) is 37.6 Å². The summed E-state index contributed by atoms with van der Waals surface area (Å²) in [5.74, 6) is 1.65. The smallest absolute Gasteiger partial charge is 0.241 e. The Morgan fingerprint density at radius 1 is 1.19 bits per heavy atom. The maximum atomic E-state index is 13.7. The molecule has 5 rings (SSSR count). The molecular weight excluding hydrogens is 448 g/mol. The Hall–Kier alpha value is -3.12. The SMILES string of the molecule is CCCCN(C(=O)CN1CC(c2ccc3c(c2)CCO3)CC1CCn1cccn1)c1cccc(C)c1. The summed E-state index contributed by atoms with van der Waals surface area (Å²) in [7, 11) is 0. The Morgan fingerprint density at radius 2 is 2.11 bits per heavy atom. The number of benzene rings is 2. The number of unbranched alkanes of at least 4 members (excludes halogenated alkanes) is 1. The van der Waals surface area contributed by atoms with Crippen molar-refractivity contribution >= 4 is 11.6 Å². The van der Waals surface area contributed by atoms with E-state index in [1.165, 1.54) is 16.7 Å². The number of amides is 1. The quantitative estimate of drug-likeness (QED) is 0.395. The summed E-state index contributed by atoms with van der Waals surface area (Å²) in [6, 6.07) is 17.3. The van der Waals surface area contributed by atoms with Crippen molar-refractivity contribution in [2.45, 2.75) is 64.5 Å².